The van der Waals surface area contributed by atoms with Crippen molar-refractivity contribution in [1.82, 2.24) is 20.2 Å². The number of likely N-dealkylation sites (tertiary alicyclic amines) is 1. The molecule has 0 bridgehead atoms. The van der Waals surface area contributed by atoms with Gasteiger partial charge >= 0.3 is 0 Å². The SMILES string of the molecule is COC1CCN(Cc2cc(-c3nc(-c4cc5c(cc4F)C(=O)NCC5)c(N)nc3F)ccc2N2CCOCC2)CC1. The molecule has 1 amide bonds. The monoisotopic (exact) mass is 564 g/mol. The van der Waals surface area contributed by atoms with Crippen LogP contribution in [0.4, 0.5) is 20.3 Å². The molecule has 0 saturated carbocycles. The average molecular weight is 565 g/mol. The van der Waals surface area contributed by atoms with Crippen LogP contribution in [-0.4, -0.2) is 79.9 Å². The highest BCUT2D eigenvalue weighted by Crippen LogP contribution is 2.34. The highest BCUT2D eigenvalue weighted by molar-refractivity contribution is 5.97. The number of morpholine rings is 1. The fraction of sp³-hybridized carbons (Fsp3) is 0.433. The average Bonchev–Trinajstić information content (AvgIpc) is 2.98. The van der Waals surface area contributed by atoms with E-state index in [4.69, 9.17) is 15.2 Å². The van der Waals surface area contributed by atoms with Crippen molar-refractivity contribution in [2.75, 3.05) is 63.7 Å². The van der Waals surface area contributed by atoms with Gasteiger partial charge in [0.1, 0.15) is 17.2 Å². The summed E-state index contributed by atoms with van der Waals surface area (Å²) in [6.07, 6.45) is 2.73. The van der Waals surface area contributed by atoms with Crippen molar-refractivity contribution in [3.63, 3.8) is 0 Å². The normalized spacial score (nSPS) is 18.3. The third kappa shape index (κ3) is 5.61. The summed E-state index contributed by atoms with van der Waals surface area (Å²) in [5.41, 5.74) is 9.84. The molecule has 0 atom stereocenters. The van der Waals surface area contributed by atoms with Gasteiger partial charge in [0, 0.05) is 68.8 Å². The smallest absolute Gasteiger partial charge is 0.251 e. The molecular formula is C30H34F2N6O3. The number of ether oxygens (including phenoxy) is 2. The number of halogens is 2. The minimum absolute atomic E-state index is 0.00284. The number of carbonyl (C=O) groups excluding carboxylic acids is 1. The minimum atomic E-state index is -0.824. The number of nitrogens with one attached hydrogen (secondary N) is 1. The van der Waals surface area contributed by atoms with Gasteiger partial charge in [-0.1, -0.05) is 6.07 Å². The molecule has 3 aliphatic rings. The number of aromatic nitrogens is 2. The van der Waals surface area contributed by atoms with E-state index in [-0.39, 0.29) is 40.3 Å². The predicted octanol–water partition coefficient (Wildman–Crippen LogP) is 3.40. The zero-order valence-corrected chi connectivity index (χ0v) is 23.1. The summed E-state index contributed by atoms with van der Waals surface area (Å²) in [6, 6.07) is 8.53. The van der Waals surface area contributed by atoms with Gasteiger partial charge in [-0.25, -0.2) is 9.37 Å². The Morgan fingerprint density at radius 2 is 1.83 bits per heavy atom. The number of hydrogen-bond donors (Lipinski definition) is 2. The molecule has 216 valence electrons. The number of amides is 1. The predicted molar refractivity (Wildman–Crippen MR) is 152 cm³/mol. The van der Waals surface area contributed by atoms with E-state index in [9.17, 15) is 4.79 Å². The van der Waals surface area contributed by atoms with E-state index >= 15 is 8.78 Å². The second-order valence-electron chi connectivity index (χ2n) is 10.7. The Bertz CT molecular complexity index is 1450. The number of rotatable bonds is 6. The van der Waals surface area contributed by atoms with Crippen LogP contribution < -0.4 is 16.0 Å². The molecule has 0 unspecified atom stereocenters. The molecule has 9 nitrogen and oxygen atoms in total. The van der Waals surface area contributed by atoms with E-state index in [2.05, 4.69) is 25.1 Å². The molecule has 11 heteroatoms. The number of hydrogen-bond acceptors (Lipinski definition) is 8. The van der Waals surface area contributed by atoms with Crippen LogP contribution >= 0.6 is 0 Å². The first-order valence-electron chi connectivity index (χ1n) is 14.1. The first-order valence-corrected chi connectivity index (χ1v) is 14.1. The Kier molecular flexibility index (Phi) is 7.83. The largest absolute Gasteiger partial charge is 0.382 e. The number of anilines is 2. The van der Waals surface area contributed by atoms with E-state index in [0.29, 0.717) is 43.9 Å². The summed E-state index contributed by atoms with van der Waals surface area (Å²) < 4.78 is 41.7. The maximum absolute atomic E-state index is 15.3. The van der Waals surface area contributed by atoms with Crippen molar-refractivity contribution in [1.29, 1.82) is 0 Å². The molecule has 0 aliphatic carbocycles. The van der Waals surface area contributed by atoms with Crippen LogP contribution in [0.15, 0.2) is 30.3 Å². The van der Waals surface area contributed by atoms with Crippen LogP contribution in [0.5, 0.6) is 0 Å². The third-order valence-electron chi connectivity index (χ3n) is 8.22. The molecule has 3 N–H and O–H groups in total. The number of nitrogens with two attached hydrogens (primary N) is 1. The number of piperidine rings is 1. The zero-order chi connectivity index (χ0) is 28.5. The summed E-state index contributed by atoms with van der Waals surface area (Å²) >= 11 is 0. The highest BCUT2D eigenvalue weighted by Gasteiger charge is 2.25. The Morgan fingerprint density at radius 3 is 2.59 bits per heavy atom. The van der Waals surface area contributed by atoms with Crippen LogP contribution in [-0.2, 0) is 22.4 Å². The molecule has 0 spiro atoms. The highest BCUT2D eigenvalue weighted by atomic mass is 19.1. The molecule has 4 heterocycles. The molecule has 0 radical (unpaired) electrons. The molecule has 3 aliphatic heterocycles. The summed E-state index contributed by atoms with van der Waals surface area (Å²) in [5.74, 6) is -2.02. The second-order valence-corrected chi connectivity index (χ2v) is 10.7. The third-order valence-corrected chi connectivity index (χ3v) is 8.22. The fourth-order valence-corrected chi connectivity index (χ4v) is 5.95. The van der Waals surface area contributed by atoms with Crippen LogP contribution in [0.3, 0.4) is 0 Å². The lowest BCUT2D eigenvalue weighted by atomic mass is 9.96. The Balaban J connectivity index is 1.38. The lowest BCUT2D eigenvalue weighted by Crippen LogP contribution is -2.39. The second kappa shape index (κ2) is 11.7. The van der Waals surface area contributed by atoms with E-state index in [1.54, 1.807) is 13.2 Å². The Labute approximate surface area is 237 Å². The molecular weight excluding hydrogens is 530 g/mol. The van der Waals surface area contributed by atoms with E-state index in [1.807, 2.05) is 18.2 Å². The number of benzene rings is 2. The number of nitrogens with zero attached hydrogens (tertiary/aromatic N) is 4. The zero-order valence-electron chi connectivity index (χ0n) is 23.1. The van der Waals surface area contributed by atoms with Crippen LogP contribution in [0.1, 0.15) is 34.3 Å². The van der Waals surface area contributed by atoms with Crippen LogP contribution in [0.2, 0.25) is 0 Å². The summed E-state index contributed by atoms with van der Waals surface area (Å²) in [6.45, 7) is 5.79. The number of carbonyl (C=O) groups is 1. The van der Waals surface area contributed by atoms with Crippen LogP contribution in [0.25, 0.3) is 22.5 Å². The molecule has 41 heavy (non-hydrogen) atoms. The van der Waals surface area contributed by atoms with Crippen molar-refractivity contribution in [2.45, 2.75) is 31.9 Å². The van der Waals surface area contributed by atoms with Gasteiger partial charge in [0.25, 0.3) is 5.91 Å². The molecule has 2 saturated heterocycles. The molecule has 2 fully saturated rings. The van der Waals surface area contributed by atoms with Gasteiger partial charge in [-0.05, 0) is 54.7 Å². The van der Waals surface area contributed by atoms with Gasteiger partial charge in [0.05, 0.1) is 19.3 Å². The molecule has 6 rings (SSSR count). The topological polar surface area (TPSA) is 106 Å². The van der Waals surface area contributed by atoms with Gasteiger partial charge < -0.3 is 25.4 Å². The Hall–Kier alpha value is -3.67. The number of nitrogen functional groups attached to an aromatic ring is 1. The van der Waals surface area contributed by atoms with Gasteiger partial charge in [-0.2, -0.15) is 9.37 Å². The van der Waals surface area contributed by atoms with E-state index < -0.39 is 11.8 Å². The van der Waals surface area contributed by atoms with Gasteiger partial charge in [-0.15, -0.1) is 0 Å². The maximum atomic E-state index is 15.3. The number of methoxy groups -OCH3 is 1. The van der Waals surface area contributed by atoms with E-state index in [1.165, 1.54) is 6.07 Å². The quantitative estimate of drug-likeness (QED) is 0.470. The molecule has 1 aromatic heterocycles. The Morgan fingerprint density at radius 1 is 1.05 bits per heavy atom. The van der Waals surface area contributed by atoms with Crippen molar-refractivity contribution >= 4 is 17.4 Å². The van der Waals surface area contributed by atoms with Crippen molar-refractivity contribution in [2.24, 2.45) is 0 Å². The summed E-state index contributed by atoms with van der Waals surface area (Å²) in [7, 11) is 1.75. The first kappa shape index (κ1) is 27.5. The summed E-state index contributed by atoms with van der Waals surface area (Å²) in [5, 5.41) is 2.71. The number of fused-ring (bicyclic) bond motifs is 1. The molecule has 2 aromatic carbocycles. The fourth-order valence-electron chi connectivity index (χ4n) is 5.95. The van der Waals surface area contributed by atoms with E-state index in [0.717, 1.165) is 50.3 Å². The standard InChI is InChI=1S/C30H34F2N6O3/c1-40-21-5-8-37(9-6-21)17-20-14-19(2-3-25(20)38-10-12-41-13-11-38)26-28(32)36-29(33)27(35-26)23-15-18-4-7-34-30(39)22(18)16-24(23)31/h2-3,14-16,21H,4-13,17H2,1H3,(H2,33,36)(H,34,39). The maximum Gasteiger partial charge on any atom is 0.251 e. The van der Waals surface area contributed by atoms with Gasteiger partial charge in [0.2, 0.25) is 5.95 Å². The van der Waals surface area contributed by atoms with Crippen molar-refractivity contribution < 1.29 is 23.0 Å². The van der Waals surface area contributed by atoms with Crippen molar-refractivity contribution in [3.05, 3.63) is 58.8 Å². The van der Waals surface area contributed by atoms with Gasteiger partial charge in [-0.3, -0.25) is 9.69 Å². The van der Waals surface area contributed by atoms with Crippen LogP contribution in [0, 0.1) is 11.8 Å². The minimum Gasteiger partial charge on any atom is -0.382 e. The lowest BCUT2D eigenvalue weighted by molar-refractivity contribution is 0.0389. The lowest BCUT2D eigenvalue weighted by Gasteiger charge is -2.34. The van der Waals surface area contributed by atoms with Gasteiger partial charge in [0.15, 0.2) is 5.82 Å². The summed E-state index contributed by atoms with van der Waals surface area (Å²) in [4.78, 5) is 25.3. The first-order chi connectivity index (χ1) is 19.9. The molecule has 3 aromatic rings. The van der Waals surface area contributed by atoms with Crippen molar-refractivity contribution in [3.8, 4) is 22.5 Å².